The van der Waals surface area contributed by atoms with Gasteiger partial charge in [0.2, 0.25) is 0 Å². The summed E-state index contributed by atoms with van der Waals surface area (Å²) in [4.78, 5) is 0. The van der Waals surface area contributed by atoms with E-state index >= 15 is 0 Å². The summed E-state index contributed by atoms with van der Waals surface area (Å²) in [7, 11) is 2.02. The second-order valence-electron chi connectivity index (χ2n) is 5.31. The van der Waals surface area contributed by atoms with Crippen molar-refractivity contribution in [1.29, 1.82) is 0 Å². The van der Waals surface area contributed by atoms with Crippen molar-refractivity contribution < 1.29 is 0 Å². The van der Waals surface area contributed by atoms with Gasteiger partial charge in [0.05, 0.1) is 0 Å². The van der Waals surface area contributed by atoms with Crippen molar-refractivity contribution in [3.63, 3.8) is 0 Å². The van der Waals surface area contributed by atoms with Crippen LogP contribution < -0.4 is 5.32 Å². The van der Waals surface area contributed by atoms with Crippen molar-refractivity contribution in [2.75, 3.05) is 13.6 Å². The third kappa shape index (κ3) is 2.18. The summed E-state index contributed by atoms with van der Waals surface area (Å²) in [6, 6.07) is 19.1. The molecule has 3 rings (SSSR count). The van der Waals surface area contributed by atoms with E-state index in [0.29, 0.717) is 5.92 Å². The van der Waals surface area contributed by atoms with Crippen LogP contribution in [0.3, 0.4) is 0 Å². The minimum absolute atomic E-state index is 0.148. The number of hydrogen-bond donors (Lipinski definition) is 1. The number of benzene rings is 2. The average molecular weight is 272 g/mol. The highest BCUT2D eigenvalue weighted by Gasteiger charge is 2.55. The molecule has 1 saturated carbocycles. The van der Waals surface area contributed by atoms with Gasteiger partial charge in [-0.2, -0.15) is 0 Å². The molecule has 1 aliphatic rings. The van der Waals surface area contributed by atoms with E-state index in [0.717, 1.165) is 11.6 Å². The Morgan fingerprint density at radius 1 is 1.11 bits per heavy atom. The molecule has 1 N–H and O–H groups in total. The minimum atomic E-state index is 0.148. The third-order valence-electron chi connectivity index (χ3n) is 4.18. The SMILES string of the molecule is CNCC1CC1(c1ccccc1)c1cccc(Cl)c1. The predicted octanol–water partition coefficient (Wildman–Crippen LogP) is 3.87. The van der Waals surface area contributed by atoms with Crippen molar-refractivity contribution in [3.8, 4) is 0 Å². The van der Waals surface area contributed by atoms with E-state index < -0.39 is 0 Å². The molecule has 0 spiro atoms. The van der Waals surface area contributed by atoms with Crippen LogP contribution in [0.2, 0.25) is 5.02 Å². The fourth-order valence-corrected chi connectivity index (χ4v) is 3.39. The Labute approximate surface area is 119 Å². The number of halogens is 1. The Morgan fingerprint density at radius 3 is 2.53 bits per heavy atom. The topological polar surface area (TPSA) is 12.0 Å². The molecule has 0 saturated heterocycles. The average Bonchev–Trinajstić information content (AvgIpc) is 3.16. The number of hydrogen-bond acceptors (Lipinski definition) is 1. The molecule has 0 aromatic heterocycles. The predicted molar refractivity (Wildman–Crippen MR) is 80.7 cm³/mol. The Balaban J connectivity index is 2.05. The van der Waals surface area contributed by atoms with Gasteiger partial charge in [-0.15, -0.1) is 0 Å². The van der Waals surface area contributed by atoms with Crippen LogP contribution in [0, 0.1) is 5.92 Å². The van der Waals surface area contributed by atoms with Crippen LogP contribution in [0.15, 0.2) is 54.6 Å². The molecule has 2 aromatic rings. The summed E-state index contributed by atoms with van der Waals surface area (Å²) >= 11 is 6.18. The maximum Gasteiger partial charge on any atom is 0.0409 e. The number of nitrogens with one attached hydrogen (secondary N) is 1. The second kappa shape index (κ2) is 4.99. The maximum atomic E-state index is 6.18. The van der Waals surface area contributed by atoms with E-state index in [4.69, 9.17) is 11.6 Å². The monoisotopic (exact) mass is 271 g/mol. The van der Waals surface area contributed by atoms with Crippen molar-refractivity contribution >= 4 is 11.6 Å². The summed E-state index contributed by atoms with van der Waals surface area (Å²) in [5.41, 5.74) is 2.89. The van der Waals surface area contributed by atoms with Crippen LogP contribution in [0.25, 0.3) is 0 Å². The molecule has 19 heavy (non-hydrogen) atoms. The zero-order valence-electron chi connectivity index (χ0n) is 11.1. The summed E-state index contributed by atoms with van der Waals surface area (Å²) in [6.07, 6.45) is 1.19. The molecule has 2 unspecified atom stereocenters. The van der Waals surface area contributed by atoms with Crippen LogP contribution in [-0.4, -0.2) is 13.6 Å². The van der Waals surface area contributed by atoms with Crippen molar-refractivity contribution in [1.82, 2.24) is 5.32 Å². The lowest BCUT2D eigenvalue weighted by Gasteiger charge is -2.19. The highest BCUT2D eigenvalue weighted by atomic mass is 35.5. The molecule has 1 fully saturated rings. The second-order valence-corrected chi connectivity index (χ2v) is 5.74. The van der Waals surface area contributed by atoms with Gasteiger partial charge in [-0.25, -0.2) is 0 Å². The quantitative estimate of drug-likeness (QED) is 0.890. The van der Waals surface area contributed by atoms with Crippen molar-refractivity contribution in [2.45, 2.75) is 11.8 Å². The summed E-state index contributed by atoms with van der Waals surface area (Å²) < 4.78 is 0. The van der Waals surface area contributed by atoms with E-state index in [1.165, 1.54) is 17.5 Å². The first-order valence-corrected chi connectivity index (χ1v) is 7.11. The first-order chi connectivity index (χ1) is 9.27. The molecular weight excluding hydrogens is 254 g/mol. The first kappa shape index (κ1) is 12.7. The fraction of sp³-hybridized carbons (Fsp3) is 0.294. The molecule has 2 atom stereocenters. The minimum Gasteiger partial charge on any atom is -0.319 e. The van der Waals surface area contributed by atoms with Gasteiger partial charge in [0.1, 0.15) is 0 Å². The lowest BCUT2D eigenvalue weighted by atomic mass is 9.86. The van der Waals surface area contributed by atoms with Crippen LogP contribution >= 0.6 is 11.6 Å². The Bertz CT molecular complexity index is 566. The molecule has 1 nitrogen and oxygen atoms in total. The van der Waals surface area contributed by atoms with E-state index in [-0.39, 0.29) is 5.41 Å². The molecule has 0 radical (unpaired) electrons. The molecule has 98 valence electrons. The number of rotatable bonds is 4. The van der Waals surface area contributed by atoms with Crippen LogP contribution in [-0.2, 0) is 5.41 Å². The van der Waals surface area contributed by atoms with Gasteiger partial charge in [0.15, 0.2) is 0 Å². The third-order valence-corrected chi connectivity index (χ3v) is 4.42. The van der Waals surface area contributed by atoms with Crippen LogP contribution in [0.4, 0.5) is 0 Å². The lowest BCUT2D eigenvalue weighted by molar-refractivity contribution is 0.641. The highest BCUT2D eigenvalue weighted by molar-refractivity contribution is 6.30. The molecule has 0 heterocycles. The zero-order valence-corrected chi connectivity index (χ0v) is 11.8. The van der Waals surface area contributed by atoms with Crippen LogP contribution in [0.1, 0.15) is 17.5 Å². The van der Waals surface area contributed by atoms with Gasteiger partial charge in [-0.1, -0.05) is 54.1 Å². The summed E-state index contributed by atoms with van der Waals surface area (Å²) in [6.45, 7) is 1.04. The van der Waals surface area contributed by atoms with E-state index in [1.807, 2.05) is 13.1 Å². The molecule has 0 bridgehead atoms. The molecule has 0 aliphatic heterocycles. The largest absolute Gasteiger partial charge is 0.319 e. The molecule has 2 heteroatoms. The van der Waals surface area contributed by atoms with E-state index in [9.17, 15) is 0 Å². The standard InChI is InChI=1S/C17H18ClN/c1-19-12-15-11-17(15,13-6-3-2-4-7-13)14-8-5-9-16(18)10-14/h2-10,15,19H,11-12H2,1H3. The van der Waals surface area contributed by atoms with E-state index in [2.05, 4.69) is 53.8 Å². The van der Waals surface area contributed by atoms with Crippen molar-refractivity contribution in [3.05, 3.63) is 70.7 Å². The molecule has 1 aliphatic carbocycles. The van der Waals surface area contributed by atoms with Crippen molar-refractivity contribution in [2.24, 2.45) is 5.92 Å². The van der Waals surface area contributed by atoms with E-state index in [1.54, 1.807) is 0 Å². The van der Waals surface area contributed by atoms with Gasteiger partial charge in [0, 0.05) is 10.4 Å². The van der Waals surface area contributed by atoms with Gasteiger partial charge < -0.3 is 5.32 Å². The first-order valence-electron chi connectivity index (χ1n) is 6.73. The molecule has 2 aromatic carbocycles. The smallest absolute Gasteiger partial charge is 0.0409 e. The van der Waals surface area contributed by atoms with Gasteiger partial charge >= 0.3 is 0 Å². The highest BCUT2D eigenvalue weighted by Crippen LogP contribution is 2.58. The van der Waals surface area contributed by atoms with Gasteiger partial charge in [-0.05, 0) is 49.2 Å². The lowest BCUT2D eigenvalue weighted by Crippen LogP contribution is -2.19. The molecule has 0 amide bonds. The Morgan fingerprint density at radius 2 is 1.84 bits per heavy atom. The summed E-state index contributed by atoms with van der Waals surface area (Å²) in [5, 5.41) is 4.13. The van der Waals surface area contributed by atoms with Gasteiger partial charge in [-0.3, -0.25) is 0 Å². The molecular formula is C17H18ClN. The Hall–Kier alpha value is -1.31. The zero-order chi connectivity index (χ0) is 13.3. The summed E-state index contributed by atoms with van der Waals surface area (Å²) in [5.74, 6) is 0.651. The fourth-order valence-electron chi connectivity index (χ4n) is 3.20. The normalized spacial score (nSPS) is 25.3. The Kier molecular flexibility index (Phi) is 3.34. The van der Waals surface area contributed by atoms with Gasteiger partial charge in [0.25, 0.3) is 0 Å². The van der Waals surface area contributed by atoms with Crippen LogP contribution in [0.5, 0.6) is 0 Å². The maximum absolute atomic E-state index is 6.18.